The van der Waals surface area contributed by atoms with Gasteiger partial charge in [-0.2, -0.15) is 0 Å². The van der Waals surface area contributed by atoms with E-state index >= 15 is 0 Å². The topological polar surface area (TPSA) is 52.3 Å². The number of Topliss-reactive ketones (excluding diaryl/α,β-unsaturated/α-hetero) is 1. The fraction of sp³-hybridized carbons (Fsp3) is 0.833. The van der Waals surface area contributed by atoms with Crippen LogP contribution in [0, 0.1) is 0 Å². The van der Waals surface area contributed by atoms with Gasteiger partial charge in [0.1, 0.15) is 5.54 Å². The summed E-state index contributed by atoms with van der Waals surface area (Å²) in [5.74, 6) is 0.0278. The largest absolute Gasteiger partial charge is 0.379 e. The molecule has 0 aromatic rings. The molecule has 0 aromatic carbocycles. The third-order valence-corrected chi connectivity index (χ3v) is 1.75. The fourth-order valence-electron chi connectivity index (χ4n) is 0.858. The van der Waals surface area contributed by atoms with Crippen molar-refractivity contribution in [3.05, 3.63) is 0 Å². The quantitative estimate of drug-likeness (QED) is 0.528. The highest BCUT2D eigenvalue weighted by Crippen LogP contribution is 2.15. The van der Waals surface area contributed by atoms with Gasteiger partial charge in [0.25, 0.3) is 0 Å². The molecule has 3 nitrogen and oxygen atoms in total. The van der Waals surface area contributed by atoms with Crippen LogP contribution in [0.4, 0.5) is 0 Å². The van der Waals surface area contributed by atoms with Crippen molar-refractivity contribution in [3.8, 4) is 0 Å². The summed E-state index contributed by atoms with van der Waals surface area (Å²) in [6.45, 7) is 2.52. The lowest BCUT2D eigenvalue weighted by molar-refractivity contribution is -0.122. The second-order valence-electron chi connectivity index (χ2n) is 2.51. The molecule has 52 valence electrons. The maximum absolute atomic E-state index is 10.8. The Morgan fingerprint density at radius 1 is 1.78 bits per heavy atom. The van der Waals surface area contributed by atoms with Gasteiger partial charge in [0.2, 0.25) is 0 Å². The first-order valence-electron chi connectivity index (χ1n) is 3.03. The van der Waals surface area contributed by atoms with E-state index < -0.39 is 5.54 Å². The monoisotopic (exact) mass is 129 g/mol. The molecule has 1 atom stereocenters. The van der Waals surface area contributed by atoms with Crippen LogP contribution in [0.2, 0.25) is 0 Å². The minimum atomic E-state index is -0.667. The van der Waals surface area contributed by atoms with Crippen LogP contribution in [0.25, 0.3) is 0 Å². The van der Waals surface area contributed by atoms with E-state index in [4.69, 9.17) is 10.5 Å². The molecule has 0 unspecified atom stereocenters. The number of nitrogens with two attached hydrogens (primary N) is 1. The minimum absolute atomic E-state index is 0.0278. The summed E-state index contributed by atoms with van der Waals surface area (Å²) in [6, 6.07) is 0. The Labute approximate surface area is 54.2 Å². The number of carbonyl (C=O) groups excluding carboxylic acids is 1. The number of carbonyl (C=O) groups is 1. The van der Waals surface area contributed by atoms with E-state index in [1.54, 1.807) is 0 Å². The van der Waals surface area contributed by atoms with Crippen LogP contribution in [0.3, 0.4) is 0 Å². The van der Waals surface area contributed by atoms with Crippen molar-refractivity contribution in [2.75, 3.05) is 13.2 Å². The van der Waals surface area contributed by atoms with E-state index in [1.165, 1.54) is 6.92 Å². The number of hydrogen-bond acceptors (Lipinski definition) is 3. The van der Waals surface area contributed by atoms with Crippen molar-refractivity contribution in [3.63, 3.8) is 0 Å². The molecule has 0 aliphatic carbocycles. The van der Waals surface area contributed by atoms with Gasteiger partial charge in [0, 0.05) is 6.61 Å². The van der Waals surface area contributed by atoms with E-state index in [0.29, 0.717) is 19.6 Å². The van der Waals surface area contributed by atoms with Crippen LogP contribution in [0.5, 0.6) is 0 Å². The lowest BCUT2D eigenvalue weighted by Gasteiger charge is -2.16. The van der Waals surface area contributed by atoms with E-state index in [0.717, 1.165) is 0 Å². The molecule has 0 aromatic heterocycles. The number of ketones is 1. The summed E-state index contributed by atoms with van der Waals surface area (Å²) >= 11 is 0. The molecule has 1 heterocycles. The molecule has 3 heteroatoms. The molecule has 0 saturated carbocycles. The molecule has 1 rings (SSSR count). The van der Waals surface area contributed by atoms with Gasteiger partial charge in [0.05, 0.1) is 6.61 Å². The Morgan fingerprint density at radius 2 is 2.44 bits per heavy atom. The molecule has 1 aliphatic rings. The first kappa shape index (κ1) is 6.71. The standard InChI is InChI=1S/C6H11NO2/c1-5(8)6(7)2-3-9-4-6/h2-4,7H2,1H3/t6-/m1/s1. The minimum Gasteiger partial charge on any atom is -0.379 e. The lowest BCUT2D eigenvalue weighted by atomic mass is 9.96. The molecule has 0 radical (unpaired) electrons. The summed E-state index contributed by atoms with van der Waals surface area (Å²) in [5.41, 5.74) is 4.96. The Bertz CT molecular complexity index is 127. The Kier molecular flexibility index (Phi) is 1.55. The van der Waals surface area contributed by atoms with Crippen molar-refractivity contribution in [2.24, 2.45) is 5.73 Å². The van der Waals surface area contributed by atoms with Crippen LogP contribution in [0.15, 0.2) is 0 Å². The van der Waals surface area contributed by atoms with Gasteiger partial charge in [-0.3, -0.25) is 4.79 Å². The molecule has 0 amide bonds. The van der Waals surface area contributed by atoms with Crippen molar-refractivity contribution in [1.82, 2.24) is 0 Å². The summed E-state index contributed by atoms with van der Waals surface area (Å²) in [4.78, 5) is 10.8. The maximum Gasteiger partial charge on any atom is 0.152 e. The molecule has 2 N–H and O–H groups in total. The third-order valence-electron chi connectivity index (χ3n) is 1.75. The zero-order valence-electron chi connectivity index (χ0n) is 5.52. The van der Waals surface area contributed by atoms with Crippen molar-refractivity contribution in [2.45, 2.75) is 18.9 Å². The van der Waals surface area contributed by atoms with Crippen LogP contribution < -0.4 is 5.73 Å². The van der Waals surface area contributed by atoms with Crippen LogP contribution >= 0.6 is 0 Å². The third kappa shape index (κ3) is 1.11. The molecule has 9 heavy (non-hydrogen) atoms. The predicted molar refractivity (Wildman–Crippen MR) is 33.0 cm³/mol. The van der Waals surface area contributed by atoms with Gasteiger partial charge in [0.15, 0.2) is 5.78 Å². The molecular weight excluding hydrogens is 118 g/mol. The number of hydrogen-bond donors (Lipinski definition) is 1. The molecule has 0 spiro atoms. The molecule has 1 fully saturated rings. The Hall–Kier alpha value is -0.410. The zero-order valence-corrected chi connectivity index (χ0v) is 5.52. The smallest absolute Gasteiger partial charge is 0.152 e. The van der Waals surface area contributed by atoms with Crippen molar-refractivity contribution in [1.29, 1.82) is 0 Å². The van der Waals surface area contributed by atoms with E-state index in [9.17, 15) is 4.79 Å². The van der Waals surface area contributed by atoms with Gasteiger partial charge in [-0.25, -0.2) is 0 Å². The zero-order chi connectivity index (χ0) is 6.91. The Balaban J connectivity index is 2.61. The van der Waals surface area contributed by atoms with Crippen LogP contribution in [-0.2, 0) is 9.53 Å². The summed E-state index contributed by atoms with van der Waals surface area (Å²) in [5, 5.41) is 0. The van der Waals surface area contributed by atoms with Gasteiger partial charge < -0.3 is 10.5 Å². The number of rotatable bonds is 1. The van der Waals surface area contributed by atoms with Crippen molar-refractivity contribution >= 4 is 5.78 Å². The molecule has 1 saturated heterocycles. The van der Waals surface area contributed by atoms with Gasteiger partial charge >= 0.3 is 0 Å². The maximum atomic E-state index is 10.8. The van der Waals surface area contributed by atoms with E-state index in [2.05, 4.69) is 0 Å². The van der Waals surface area contributed by atoms with Crippen LogP contribution in [-0.4, -0.2) is 24.5 Å². The Morgan fingerprint density at radius 3 is 2.67 bits per heavy atom. The van der Waals surface area contributed by atoms with E-state index in [-0.39, 0.29) is 5.78 Å². The second-order valence-corrected chi connectivity index (χ2v) is 2.51. The predicted octanol–water partition coefficient (Wildman–Crippen LogP) is -0.307. The van der Waals surface area contributed by atoms with Gasteiger partial charge in [-0.1, -0.05) is 0 Å². The SMILES string of the molecule is CC(=O)[C@@]1(N)CCOC1. The van der Waals surface area contributed by atoms with Crippen LogP contribution in [0.1, 0.15) is 13.3 Å². The first-order chi connectivity index (χ1) is 4.15. The summed E-state index contributed by atoms with van der Waals surface area (Å²) in [6.07, 6.45) is 0.669. The number of ether oxygens (including phenoxy) is 1. The normalized spacial score (nSPS) is 34.9. The second kappa shape index (κ2) is 2.08. The fourth-order valence-corrected chi connectivity index (χ4v) is 0.858. The van der Waals surface area contributed by atoms with Gasteiger partial charge in [-0.05, 0) is 13.3 Å². The van der Waals surface area contributed by atoms with Crippen molar-refractivity contribution < 1.29 is 9.53 Å². The molecule has 1 aliphatic heterocycles. The lowest BCUT2D eigenvalue weighted by Crippen LogP contribution is -2.47. The highest BCUT2D eigenvalue weighted by atomic mass is 16.5. The summed E-state index contributed by atoms with van der Waals surface area (Å²) in [7, 11) is 0. The van der Waals surface area contributed by atoms with Gasteiger partial charge in [-0.15, -0.1) is 0 Å². The average Bonchev–Trinajstić information content (AvgIpc) is 2.16. The highest BCUT2D eigenvalue weighted by Gasteiger charge is 2.34. The highest BCUT2D eigenvalue weighted by molar-refractivity contribution is 5.86. The van der Waals surface area contributed by atoms with E-state index in [1.807, 2.05) is 0 Å². The first-order valence-corrected chi connectivity index (χ1v) is 3.03. The molecular formula is C6H11NO2. The molecule has 0 bridgehead atoms. The summed E-state index contributed by atoms with van der Waals surface area (Å²) < 4.78 is 4.98. The average molecular weight is 129 g/mol.